The highest BCUT2D eigenvalue weighted by atomic mass is 79.9. The largest absolute Gasteiger partial charge is 0.493 e. The maximum Gasteiger partial charge on any atom is 0.346 e. The zero-order valence-corrected chi connectivity index (χ0v) is 14.0. The van der Waals surface area contributed by atoms with Crippen LogP contribution in [0.15, 0.2) is 44.0 Å². The van der Waals surface area contributed by atoms with Crippen LogP contribution < -0.4 is 15.1 Å². The lowest BCUT2D eigenvalue weighted by Gasteiger charge is -2.06. The summed E-state index contributed by atoms with van der Waals surface area (Å²) in [7, 11) is 3.14. The van der Waals surface area contributed by atoms with Crippen molar-refractivity contribution >= 4 is 48.7 Å². The summed E-state index contributed by atoms with van der Waals surface area (Å²) in [6, 6.07) is 9.13. The van der Waals surface area contributed by atoms with Gasteiger partial charge in [-0.2, -0.15) is 0 Å². The Kier molecular flexibility index (Phi) is 3.09. The highest BCUT2D eigenvalue weighted by Crippen LogP contribution is 2.36. The Morgan fingerprint density at radius 2 is 1.78 bits per heavy atom. The Morgan fingerprint density at radius 1 is 1.04 bits per heavy atom. The number of hydrogen-bond acceptors (Lipinski definition) is 4. The van der Waals surface area contributed by atoms with Crippen molar-refractivity contribution in [3.63, 3.8) is 0 Å². The van der Waals surface area contributed by atoms with Gasteiger partial charge in [0.2, 0.25) is 0 Å². The van der Waals surface area contributed by atoms with Gasteiger partial charge in [0, 0.05) is 21.3 Å². The summed E-state index contributed by atoms with van der Waals surface area (Å²) < 4.78 is 17.0. The molecular formula is C17H12BrNO4. The van der Waals surface area contributed by atoms with E-state index in [0.717, 1.165) is 26.3 Å². The first kappa shape index (κ1) is 14.1. The second-order valence-electron chi connectivity index (χ2n) is 5.16. The summed E-state index contributed by atoms with van der Waals surface area (Å²) in [4.78, 5) is 15.7. The first-order valence-corrected chi connectivity index (χ1v) is 7.71. The Bertz CT molecular complexity index is 1130. The molecule has 23 heavy (non-hydrogen) atoms. The van der Waals surface area contributed by atoms with Crippen molar-refractivity contribution in [2.75, 3.05) is 14.2 Å². The van der Waals surface area contributed by atoms with Crippen LogP contribution in [-0.2, 0) is 0 Å². The van der Waals surface area contributed by atoms with E-state index in [2.05, 4.69) is 20.9 Å². The first-order valence-electron chi connectivity index (χ1n) is 6.92. The van der Waals surface area contributed by atoms with Crippen molar-refractivity contribution in [2.45, 2.75) is 0 Å². The zero-order chi connectivity index (χ0) is 16.1. The van der Waals surface area contributed by atoms with Gasteiger partial charge in [-0.05, 0) is 24.3 Å². The monoisotopic (exact) mass is 373 g/mol. The SMILES string of the molecule is COc1cc2[nH]c3c4cc(Br)ccc4oc(=O)c3c2cc1OC. The number of ether oxygens (including phenoxy) is 2. The van der Waals surface area contributed by atoms with E-state index in [9.17, 15) is 4.79 Å². The maximum absolute atomic E-state index is 12.4. The number of methoxy groups -OCH3 is 2. The standard InChI is InChI=1S/C17H12BrNO4/c1-21-13-6-9-11(7-14(13)22-2)19-16-10-5-8(18)3-4-12(10)23-17(20)15(9)16/h3-7,19H,1-2H3. The Hall–Kier alpha value is -2.47. The molecular weight excluding hydrogens is 362 g/mol. The molecule has 4 rings (SSSR count). The fourth-order valence-corrected chi connectivity index (χ4v) is 3.23. The van der Waals surface area contributed by atoms with Crippen LogP contribution in [0.1, 0.15) is 0 Å². The molecule has 0 aliphatic heterocycles. The predicted octanol–water partition coefficient (Wildman–Crippen LogP) is 4.21. The maximum atomic E-state index is 12.4. The van der Waals surface area contributed by atoms with Gasteiger partial charge in [0.15, 0.2) is 11.5 Å². The zero-order valence-electron chi connectivity index (χ0n) is 12.4. The Labute approximate surface area is 138 Å². The number of nitrogens with one attached hydrogen (secondary N) is 1. The van der Waals surface area contributed by atoms with Crippen molar-refractivity contribution in [3.05, 3.63) is 45.2 Å². The van der Waals surface area contributed by atoms with Crippen LogP contribution in [-0.4, -0.2) is 19.2 Å². The predicted molar refractivity (Wildman–Crippen MR) is 92.7 cm³/mol. The fourth-order valence-electron chi connectivity index (χ4n) is 2.87. The summed E-state index contributed by atoms with van der Waals surface area (Å²) in [5, 5.41) is 2.09. The molecule has 0 amide bonds. The molecule has 0 unspecified atom stereocenters. The molecule has 2 aromatic heterocycles. The number of benzene rings is 2. The number of aromatic nitrogens is 1. The van der Waals surface area contributed by atoms with E-state index < -0.39 is 0 Å². The summed E-state index contributed by atoms with van der Waals surface area (Å²) in [5.41, 5.74) is 1.68. The van der Waals surface area contributed by atoms with Crippen LogP contribution in [0.2, 0.25) is 0 Å². The number of halogens is 1. The van der Waals surface area contributed by atoms with E-state index >= 15 is 0 Å². The quantitative estimate of drug-likeness (QED) is 0.534. The molecule has 4 aromatic rings. The molecule has 0 bridgehead atoms. The molecule has 0 saturated heterocycles. The second-order valence-corrected chi connectivity index (χ2v) is 6.07. The molecule has 0 spiro atoms. The van der Waals surface area contributed by atoms with Gasteiger partial charge in [0.1, 0.15) is 5.58 Å². The molecule has 2 aromatic carbocycles. The summed E-state index contributed by atoms with van der Waals surface area (Å²) >= 11 is 3.45. The Balaban J connectivity index is 2.24. The molecule has 0 atom stereocenters. The fraction of sp³-hybridized carbons (Fsp3) is 0.118. The third kappa shape index (κ3) is 2.02. The third-order valence-corrected chi connectivity index (χ3v) is 4.41. The molecule has 0 radical (unpaired) electrons. The van der Waals surface area contributed by atoms with Crippen LogP contribution in [0, 0.1) is 0 Å². The van der Waals surface area contributed by atoms with Gasteiger partial charge in [-0.25, -0.2) is 4.79 Å². The van der Waals surface area contributed by atoms with Crippen molar-refractivity contribution in [1.29, 1.82) is 0 Å². The van der Waals surface area contributed by atoms with Gasteiger partial charge in [-0.1, -0.05) is 15.9 Å². The van der Waals surface area contributed by atoms with Gasteiger partial charge in [-0.15, -0.1) is 0 Å². The van der Waals surface area contributed by atoms with E-state index in [1.165, 1.54) is 0 Å². The van der Waals surface area contributed by atoms with Crippen molar-refractivity contribution in [3.8, 4) is 11.5 Å². The molecule has 2 heterocycles. The van der Waals surface area contributed by atoms with E-state index in [-0.39, 0.29) is 5.63 Å². The first-order chi connectivity index (χ1) is 11.1. The van der Waals surface area contributed by atoms with E-state index in [0.29, 0.717) is 22.5 Å². The lowest BCUT2D eigenvalue weighted by Crippen LogP contribution is -1.98. The lowest BCUT2D eigenvalue weighted by molar-refractivity contribution is 0.356. The van der Waals surface area contributed by atoms with Crippen molar-refractivity contribution in [1.82, 2.24) is 4.98 Å². The van der Waals surface area contributed by atoms with Gasteiger partial charge in [-0.3, -0.25) is 0 Å². The lowest BCUT2D eigenvalue weighted by atomic mass is 10.1. The van der Waals surface area contributed by atoms with E-state index in [1.54, 1.807) is 26.4 Å². The minimum absolute atomic E-state index is 0.381. The molecule has 0 aliphatic carbocycles. The van der Waals surface area contributed by atoms with Crippen LogP contribution >= 0.6 is 15.9 Å². The molecule has 0 aliphatic rings. The number of hydrogen-bond donors (Lipinski definition) is 1. The second kappa shape index (κ2) is 5.03. The van der Waals surface area contributed by atoms with Gasteiger partial charge >= 0.3 is 5.63 Å². The number of fused-ring (bicyclic) bond motifs is 5. The summed E-state index contributed by atoms with van der Waals surface area (Å²) in [6.07, 6.45) is 0. The summed E-state index contributed by atoms with van der Waals surface area (Å²) in [5.74, 6) is 1.16. The van der Waals surface area contributed by atoms with Crippen molar-refractivity contribution < 1.29 is 13.9 Å². The summed E-state index contributed by atoms with van der Waals surface area (Å²) in [6.45, 7) is 0. The third-order valence-electron chi connectivity index (χ3n) is 3.92. The normalized spacial score (nSPS) is 11.4. The minimum Gasteiger partial charge on any atom is -0.493 e. The van der Waals surface area contributed by atoms with E-state index in [4.69, 9.17) is 13.9 Å². The van der Waals surface area contributed by atoms with E-state index in [1.807, 2.05) is 18.2 Å². The minimum atomic E-state index is -0.381. The van der Waals surface area contributed by atoms with Gasteiger partial charge < -0.3 is 18.9 Å². The molecule has 6 heteroatoms. The Morgan fingerprint density at radius 3 is 2.52 bits per heavy atom. The van der Waals surface area contributed by atoms with Crippen LogP contribution in [0.3, 0.4) is 0 Å². The van der Waals surface area contributed by atoms with Crippen LogP contribution in [0.25, 0.3) is 32.8 Å². The topological polar surface area (TPSA) is 64.5 Å². The molecule has 5 nitrogen and oxygen atoms in total. The molecule has 0 fully saturated rings. The molecule has 0 saturated carbocycles. The van der Waals surface area contributed by atoms with Crippen molar-refractivity contribution in [2.24, 2.45) is 0 Å². The highest BCUT2D eigenvalue weighted by Gasteiger charge is 2.16. The van der Waals surface area contributed by atoms with Gasteiger partial charge in [0.05, 0.1) is 30.6 Å². The molecule has 116 valence electrons. The van der Waals surface area contributed by atoms with Gasteiger partial charge in [0.25, 0.3) is 0 Å². The average Bonchev–Trinajstić information content (AvgIpc) is 2.93. The van der Waals surface area contributed by atoms with Crippen LogP contribution in [0.4, 0.5) is 0 Å². The number of H-pyrrole nitrogens is 1. The van der Waals surface area contributed by atoms with Crippen LogP contribution in [0.5, 0.6) is 11.5 Å². The number of rotatable bonds is 2. The molecule has 1 N–H and O–H groups in total. The average molecular weight is 374 g/mol. The smallest absolute Gasteiger partial charge is 0.346 e. The number of aromatic amines is 1. The highest BCUT2D eigenvalue weighted by molar-refractivity contribution is 9.10.